The number of ether oxygens (including phenoxy) is 2. The molecule has 2 fully saturated rings. The second kappa shape index (κ2) is 11.0. The quantitative estimate of drug-likeness (QED) is 0.214. The minimum Gasteiger partial charge on any atom is -0.505 e. The van der Waals surface area contributed by atoms with Crippen molar-refractivity contribution in [1.82, 2.24) is 19.2 Å². The molecule has 1 amide bonds. The number of esters is 1. The van der Waals surface area contributed by atoms with Gasteiger partial charge in [-0.05, 0) is 49.6 Å². The number of aliphatic hydroxyl groups is 1. The average molecular weight is 533 g/mol. The summed E-state index contributed by atoms with van der Waals surface area (Å²) in [5.74, 6) is -2.23. The molecule has 204 valence electrons. The first-order valence-electron chi connectivity index (χ1n) is 13.0. The number of carbonyl (C=O) groups is 3. The molecule has 3 aromatic rings. The largest absolute Gasteiger partial charge is 0.505 e. The number of rotatable bonds is 7. The summed E-state index contributed by atoms with van der Waals surface area (Å²) in [6.07, 6.45) is 2.49. The Morgan fingerprint density at radius 1 is 1.10 bits per heavy atom. The Balaban J connectivity index is 1.55. The lowest BCUT2D eigenvalue weighted by atomic mass is 9.95. The molecule has 1 atom stereocenters. The van der Waals surface area contributed by atoms with Gasteiger partial charge in [0.05, 0.1) is 43.2 Å². The smallest absolute Gasteiger partial charge is 0.337 e. The van der Waals surface area contributed by atoms with Gasteiger partial charge in [0.2, 0.25) is 0 Å². The first kappa shape index (κ1) is 26.6. The summed E-state index contributed by atoms with van der Waals surface area (Å²) in [5.41, 5.74) is 3.43. The first-order chi connectivity index (χ1) is 18.8. The molecule has 0 saturated carbocycles. The van der Waals surface area contributed by atoms with E-state index < -0.39 is 23.7 Å². The summed E-state index contributed by atoms with van der Waals surface area (Å²) in [4.78, 5) is 47.2. The van der Waals surface area contributed by atoms with Gasteiger partial charge in [0, 0.05) is 32.4 Å². The highest BCUT2D eigenvalue weighted by Crippen LogP contribution is 2.40. The molecule has 1 aromatic carbocycles. The average Bonchev–Trinajstić information content (AvgIpc) is 3.43. The van der Waals surface area contributed by atoms with Gasteiger partial charge in [0.25, 0.3) is 11.7 Å². The van der Waals surface area contributed by atoms with Crippen LogP contribution in [0.5, 0.6) is 0 Å². The number of ketones is 1. The topological polar surface area (TPSA) is 114 Å². The summed E-state index contributed by atoms with van der Waals surface area (Å²) in [7, 11) is 1.30. The number of hydrogen-bond donors (Lipinski definition) is 1. The molecule has 10 heteroatoms. The van der Waals surface area contributed by atoms with Crippen LogP contribution in [0.15, 0.2) is 48.2 Å². The fourth-order valence-corrected chi connectivity index (χ4v) is 5.34. The summed E-state index contributed by atoms with van der Waals surface area (Å²) < 4.78 is 12.1. The Labute approximate surface area is 226 Å². The van der Waals surface area contributed by atoms with E-state index in [1.54, 1.807) is 24.3 Å². The van der Waals surface area contributed by atoms with Crippen LogP contribution in [0, 0.1) is 13.8 Å². The van der Waals surface area contributed by atoms with Gasteiger partial charge in [-0.2, -0.15) is 0 Å². The first-order valence-corrected chi connectivity index (χ1v) is 13.0. The minimum atomic E-state index is -0.827. The van der Waals surface area contributed by atoms with Crippen LogP contribution < -0.4 is 0 Å². The maximum absolute atomic E-state index is 13.4. The summed E-state index contributed by atoms with van der Waals surface area (Å²) in [6.45, 7) is 7.81. The van der Waals surface area contributed by atoms with E-state index in [1.165, 1.54) is 12.0 Å². The van der Waals surface area contributed by atoms with Gasteiger partial charge in [0.15, 0.2) is 5.76 Å². The molecule has 4 heterocycles. The number of aromatic nitrogens is 2. The van der Waals surface area contributed by atoms with Crippen molar-refractivity contribution in [1.29, 1.82) is 0 Å². The third kappa shape index (κ3) is 4.93. The predicted molar refractivity (Wildman–Crippen MR) is 143 cm³/mol. The molecule has 1 N–H and O–H groups in total. The third-order valence-corrected chi connectivity index (χ3v) is 7.47. The fraction of sp³-hybridized carbons (Fsp3) is 0.379. The molecular formula is C29H32N4O6. The molecule has 10 nitrogen and oxygen atoms in total. The number of amides is 1. The number of imidazole rings is 1. The van der Waals surface area contributed by atoms with Crippen molar-refractivity contribution in [2.24, 2.45) is 0 Å². The predicted octanol–water partition coefficient (Wildman–Crippen LogP) is 2.88. The molecule has 2 aliphatic heterocycles. The zero-order valence-corrected chi connectivity index (χ0v) is 22.3. The monoisotopic (exact) mass is 532 g/mol. The zero-order chi connectivity index (χ0) is 27.7. The van der Waals surface area contributed by atoms with Crippen molar-refractivity contribution in [3.05, 3.63) is 76.2 Å². The summed E-state index contributed by atoms with van der Waals surface area (Å²) in [5, 5.41) is 11.5. The van der Waals surface area contributed by atoms with E-state index in [1.807, 2.05) is 36.6 Å². The van der Waals surface area contributed by atoms with E-state index >= 15 is 0 Å². The molecule has 0 radical (unpaired) electrons. The maximum atomic E-state index is 13.4. The summed E-state index contributed by atoms with van der Waals surface area (Å²) in [6, 6.07) is 9.53. The highest BCUT2D eigenvalue weighted by atomic mass is 16.5. The molecule has 2 aliphatic rings. The number of aliphatic hydroxyl groups excluding tert-OH is 1. The molecule has 39 heavy (non-hydrogen) atoms. The van der Waals surface area contributed by atoms with Gasteiger partial charge in [-0.25, -0.2) is 9.78 Å². The van der Waals surface area contributed by atoms with Crippen molar-refractivity contribution in [2.45, 2.75) is 26.3 Å². The van der Waals surface area contributed by atoms with E-state index in [9.17, 15) is 19.5 Å². The Hall–Kier alpha value is -4.02. The summed E-state index contributed by atoms with van der Waals surface area (Å²) >= 11 is 0. The molecular weight excluding hydrogens is 500 g/mol. The number of fused-ring (bicyclic) bond motifs is 1. The van der Waals surface area contributed by atoms with Crippen LogP contribution in [0.2, 0.25) is 0 Å². The van der Waals surface area contributed by atoms with E-state index in [2.05, 4.69) is 9.88 Å². The second-order valence-electron chi connectivity index (χ2n) is 9.84. The van der Waals surface area contributed by atoms with Crippen LogP contribution in [0.4, 0.5) is 0 Å². The normalized spacial score (nSPS) is 19.7. The SMILES string of the molecule is COC(=O)c1ccc(C2/C(=C(\O)c3nc4c(C)cccn4c3C)C(=O)C(=O)N2CCCN2CCOCC2)cc1. The molecule has 0 bridgehead atoms. The van der Waals surface area contributed by atoms with Gasteiger partial charge in [0.1, 0.15) is 11.3 Å². The van der Waals surface area contributed by atoms with Crippen LogP contribution in [0.25, 0.3) is 11.4 Å². The van der Waals surface area contributed by atoms with Crippen molar-refractivity contribution < 1.29 is 29.0 Å². The number of Topliss-reactive ketones (excluding diaryl/α,β-unsaturated/α-hetero) is 1. The Kier molecular flexibility index (Phi) is 7.49. The van der Waals surface area contributed by atoms with Crippen LogP contribution in [0.3, 0.4) is 0 Å². The second-order valence-corrected chi connectivity index (χ2v) is 9.84. The standard InChI is InChI=1S/C29H32N4O6/c1-18-6-4-12-32-19(2)23(30-27(18)32)25(34)22-24(20-7-9-21(10-8-20)29(37)38-3)33(28(36)26(22)35)13-5-11-31-14-16-39-17-15-31/h4,6-10,12,24,34H,5,11,13-17H2,1-3H3/b25-22+. The molecule has 2 saturated heterocycles. The molecule has 5 rings (SSSR count). The minimum absolute atomic E-state index is 0.0126. The van der Waals surface area contributed by atoms with Crippen molar-refractivity contribution in [2.75, 3.05) is 46.5 Å². The Bertz CT molecular complexity index is 1450. The molecule has 0 spiro atoms. The van der Waals surface area contributed by atoms with E-state index in [-0.39, 0.29) is 17.0 Å². The molecule has 2 aromatic heterocycles. The van der Waals surface area contributed by atoms with Gasteiger partial charge in [-0.1, -0.05) is 18.2 Å². The number of nitrogens with zero attached hydrogens (tertiary/aromatic N) is 4. The van der Waals surface area contributed by atoms with E-state index in [0.29, 0.717) is 48.6 Å². The lowest BCUT2D eigenvalue weighted by Gasteiger charge is -2.29. The van der Waals surface area contributed by atoms with Crippen molar-refractivity contribution in [3.63, 3.8) is 0 Å². The van der Waals surface area contributed by atoms with Gasteiger partial charge in [-0.15, -0.1) is 0 Å². The number of methoxy groups -OCH3 is 1. The number of pyridine rings is 1. The van der Waals surface area contributed by atoms with Crippen molar-refractivity contribution >= 4 is 29.1 Å². The lowest BCUT2D eigenvalue weighted by molar-refractivity contribution is -0.140. The van der Waals surface area contributed by atoms with Crippen LogP contribution >= 0.6 is 0 Å². The van der Waals surface area contributed by atoms with Gasteiger partial charge >= 0.3 is 5.97 Å². The maximum Gasteiger partial charge on any atom is 0.337 e. The number of morpholine rings is 1. The van der Waals surface area contributed by atoms with Gasteiger partial charge in [-0.3, -0.25) is 14.5 Å². The Morgan fingerprint density at radius 2 is 1.82 bits per heavy atom. The lowest BCUT2D eigenvalue weighted by Crippen LogP contribution is -2.39. The zero-order valence-electron chi connectivity index (χ0n) is 22.3. The number of aryl methyl sites for hydroxylation is 2. The van der Waals surface area contributed by atoms with E-state index in [4.69, 9.17) is 9.47 Å². The number of carbonyl (C=O) groups excluding carboxylic acids is 3. The fourth-order valence-electron chi connectivity index (χ4n) is 5.34. The number of benzene rings is 1. The number of likely N-dealkylation sites (tertiary alicyclic amines) is 1. The highest BCUT2D eigenvalue weighted by Gasteiger charge is 2.46. The molecule has 1 unspecified atom stereocenters. The van der Waals surface area contributed by atoms with Crippen LogP contribution in [-0.4, -0.2) is 88.5 Å². The Morgan fingerprint density at radius 3 is 2.49 bits per heavy atom. The van der Waals surface area contributed by atoms with Crippen LogP contribution in [0.1, 0.15) is 45.3 Å². The van der Waals surface area contributed by atoms with Crippen molar-refractivity contribution in [3.8, 4) is 0 Å². The van der Waals surface area contributed by atoms with Crippen LogP contribution in [-0.2, 0) is 19.1 Å². The van der Waals surface area contributed by atoms with Gasteiger partial charge < -0.3 is 23.9 Å². The third-order valence-electron chi connectivity index (χ3n) is 7.47. The van der Waals surface area contributed by atoms with E-state index in [0.717, 1.165) is 25.2 Å². The molecule has 0 aliphatic carbocycles. The number of hydrogen-bond acceptors (Lipinski definition) is 8. The highest BCUT2D eigenvalue weighted by molar-refractivity contribution is 6.46.